The van der Waals surface area contributed by atoms with Crippen molar-refractivity contribution in [3.63, 3.8) is 0 Å². The third-order valence-electron chi connectivity index (χ3n) is 2.54. The Morgan fingerprint density at radius 1 is 1.50 bits per heavy atom. The van der Waals surface area contributed by atoms with Gasteiger partial charge >= 0.3 is 5.97 Å². The number of anilines is 1. The second-order valence-electron chi connectivity index (χ2n) is 3.89. The summed E-state index contributed by atoms with van der Waals surface area (Å²) in [6, 6.07) is 5.19. The topological polar surface area (TPSA) is 75.6 Å². The second kappa shape index (κ2) is 3.23. The average Bonchev–Trinajstić information content (AvgIpc) is 2.20. The van der Waals surface area contributed by atoms with Crippen LogP contribution in [0.4, 0.5) is 5.69 Å². The van der Waals surface area contributed by atoms with Gasteiger partial charge in [0.1, 0.15) is 5.75 Å². The van der Waals surface area contributed by atoms with Gasteiger partial charge < -0.3 is 15.2 Å². The molecule has 0 aliphatic carbocycles. The zero-order valence-corrected chi connectivity index (χ0v) is 8.90. The van der Waals surface area contributed by atoms with Crippen LogP contribution in [-0.4, -0.2) is 22.6 Å². The van der Waals surface area contributed by atoms with Gasteiger partial charge in [0.2, 0.25) is 0 Å². The lowest BCUT2D eigenvalue weighted by Crippen LogP contribution is -2.54. The number of carbonyl (C=O) groups excluding carboxylic acids is 1. The van der Waals surface area contributed by atoms with Crippen LogP contribution in [0, 0.1) is 6.92 Å². The summed E-state index contributed by atoms with van der Waals surface area (Å²) in [4.78, 5) is 22.6. The van der Waals surface area contributed by atoms with E-state index in [1.165, 1.54) is 6.92 Å². The molecule has 16 heavy (non-hydrogen) atoms. The van der Waals surface area contributed by atoms with Crippen molar-refractivity contribution in [3.05, 3.63) is 23.8 Å². The molecule has 1 atom stereocenters. The summed E-state index contributed by atoms with van der Waals surface area (Å²) in [6.45, 7) is 3.09. The molecule has 0 bridgehead atoms. The number of hydrogen-bond acceptors (Lipinski definition) is 3. The van der Waals surface area contributed by atoms with E-state index in [-0.39, 0.29) is 0 Å². The van der Waals surface area contributed by atoms with E-state index in [9.17, 15) is 9.59 Å². The summed E-state index contributed by atoms with van der Waals surface area (Å²) in [5.74, 6) is -1.60. The van der Waals surface area contributed by atoms with Crippen LogP contribution in [0.5, 0.6) is 5.75 Å². The minimum absolute atomic E-state index is 0.379. The summed E-state index contributed by atoms with van der Waals surface area (Å²) in [5.41, 5.74) is -0.433. The molecule has 2 N–H and O–H groups in total. The SMILES string of the molecule is Cc1ccc2c(c1)O[C@@](C)(C(=O)O)C(=O)N2. The first-order valence-corrected chi connectivity index (χ1v) is 4.78. The van der Waals surface area contributed by atoms with Crippen LogP contribution in [0.25, 0.3) is 0 Å². The molecule has 0 aromatic heterocycles. The molecule has 5 nitrogen and oxygen atoms in total. The van der Waals surface area contributed by atoms with E-state index in [2.05, 4.69) is 5.32 Å². The molecule has 84 valence electrons. The van der Waals surface area contributed by atoms with Crippen LogP contribution >= 0.6 is 0 Å². The van der Waals surface area contributed by atoms with Crippen LogP contribution in [0.1, 0.15) is 12.5 Å². The summed E-state index contributed by atoms with van der Waals surface area (Å²) in [7, 11) is 0. The van der Waals surface area contributed by atoms with Crippen molar-refractivity contribution in [1.82, 2.24) is 0 Å². The molecule has 1 amide bonds. The van der Waals surface area contributed by atoms with Crippen LogP contribution in [0.2, 0.25) is 0 Å². The third-order valence-corrected chi connectivity index (χ3v) is 2.54. The molecule has 1 aliphatic heterocycles. The number of amides is 1. The maximum Gasteiger partial charge on any atom is 0.357 e. The largest absolute Gasteiger partial charge is 0.478 e. The fourth-order valence-corrected chi connectivity index (χ4v) is 1.47. The van der Waals surface area contributed by atoms with Gasteiger partial charge in [0, 0.05) is 0 Å². The maximum atomic E-state index is 11.6. The van der Waals surface area contributed by atoms with Gasteiger partial charge in [0.05, 0.1) is 5.69 Å². The Balaban J connectivity index is 2.48. The third kappa shape index (κ3) is 1.41. The number of fused-ring (bicyclic) bond motifs is 1. The van der Waals surface area contributed by atoms with Crippen molar-refractivity contribution >= 4 is 17.6 Å². The number of carboxylic acids is 1. The number of carbonyl (C=O) groups is 2. The normalized spacial score (nSPS) is 23.0. The number of carboxylic acid groups (broad SMARTS) is 1. The predicted molar refractivity (Wildman–Crippen MR) is 56.5 cm³/mol. The lowest BCUT2D eigenvalue weighted by Gasteiger charge is -2.31. The molecule has 0 spiro atoms. The number of benzene rings is 1. The van der Waals surface area contributed by atoms with Gasteiger partial charge in [-0.15, -0.1) is 0 Å². The lowest BCUT2D eigenvalue weighted by atomic mass is 10.0. The van der Waals surface area contributed by atoms with E-state index in [4.69, 9.17) is 9.84 Å². The van der Waals surface area contributed by atoms with Crippen LogP contribution < -0.4 is 10.1 Å². The Bertz CT molecular complexity index is 483. The predicted octanol–water partition coefficient (Wildman–Crippen LogP) is 1.17. The van der Waals surface area contributed by atoms with Crippen LogP contribution in [0.15, 0.2) is 18.2 Å². The minimum Gasteiger partial charge on any atom is -0.478 e. The molecule has 0 saturated carbocycles. The van der Waals surface area contributed by atoms with Gasteiger partial charge in [-0.05, 0) is 31.5 Å². The van der Waals surface area contributed by atoms with E-state index in [1.54, 1.807) is 12.1 Å². The Kier molecular flexibility index (Phi) is 2.11. The highest BCUT2D eigenvalue weighted by Gasteiger charge is 2.47. The number of nitrogens with one attached hydrogen (secondary N) is 1. The van der Waals surface area contributed by atoms with E-state index >= 15 is 0 Å². The highest BCUT2D eigenvalue weighted by molar-refractivity contribution is 6.13. The Morgan fingerprint density at radius 2 is 2.19 bits per heavy atom. The molecular formula is C11H11NO4. The molecule has 0 radical (unpaired) electrons. The van der Waals surface area contributed by atoms with Crippen molar-refractivity contribution in [2.24, 2.45) is 0 Å². The van der Waals surface area contributed by atoms with Crippen LogP contribution in [0.3, 0.4) is 0 Å². The summed E-state index contributed by atoms with van der Waals surface area (Å²) < 4.78 is 5.26. The quantitative estimate of drug-likeness (QED) is 0.698. The molecule has 1 aromatic rings. The Hall–Kier alpha value is -2.04. The first kappa shape index (κ1) is 10.5. The van der Waals surface area contributed by atoms with Crippen molar-refractivity contribution in [1.29, 1.82) is 0 Å². The van der Waals surface area contributed by atoms with Gasteiger partial charge in [-0.1, -0.05) is 6.07 Å². The number of aliphatic carboxylic acids is 1. The first-order valence-electron chi connectivity index (χ1n) is 4.78. The minimum atomic E-state index is -1.86. The standard InChI is InChI=1S/C11H11NO4/c1-6-3-4-7-8(5-6)16-11(2,10(14)15)9(13)12-7/h3-5H,1-2H3,(H,12,13)(H,14,15)/t11-/m1/s1. The van der Waals surface area contributed by atoms with E-state index < -0.39 is 17.5 Å². The number of hydrogen-bond donors (Lipinski definition) is 2. The fraction of sp³-hybridized carbons (Fsp3) is 0.273. The molecule has 0 fully saturated rings. The average molecular weight is 221 g/mol. The molecular weight excluding hydrogens is 210 g/mol. The molecule has 0 saturated heterocycles. The van der Waals surface area contributed by atoms with E-state index in [0.29, 0.717) is 11.4 Å². The zero-order chi connectivity index (χ0) is 11.9. The van der Waals surface area contributed by atoms with E-state index in [0.717, 1.165) is 5.56 Å². The van der Waals surface area contributed by atoms with Gasteiger partial charge in [0.15, 0.2) is 0 Å². The Labute approximate surface area is 92.0 Å². The first-order chi connectivity index (χ1) is 7.43. The number of rotatable bonds is 1. The Morgan fingerprint density at radius 3 is 2.81 bits per heavy atom. The van der Waals surface area contributed by atoms with E-state index in [1.807, 2.05) is 13.0 Å². The summed E-state index contributed by atoms with van der Waals surface area (Å²) in [5, 5.41) is 11.5. The van der Waals surface area contributed by atoms with Gasteiger partial charge in [-0.25, -0.2) is 4.79 Å². The molecule has 1 aliphatic rings. The van der Waals surface area contributed by atoms with Crippen LogP contribution in [-0.2, 0) is 9.59 Å². The van der Waals surface area contributed by atoms with Gasteiger partial charge in [0.25, 0.3) is 11.5 Å². The second-order valence-corrected chi connectivity index (χ2v) is 3.89. The molecule has 2 rings (SSSR count). The lowest BCUT2D eigenvalue weighted by molar-refractivity contribution is -0.159. The van der Waals surface area contributed by atoms with Gasteiger partial charge in [-0.2, -0.15) is 0 Å². The highest BCUT2D eigenvalue weighted by Crippen LogP contribution is 2.34. The maximum absolute atomic E-state index is 11.6. The van der Waals surface area contributed by atoms with Crippen molar-refractivity contribution in [2.45, 2.75) is 19.4 Å². The molecule has 5 heteroatoms. The van der Waals surface area contributed by atoms with Crippen molar-refractivity contribution < 1.29 is 19.4 Å². The van der Waals surface area contributed by atoms with Crippen molar-refractivity contribution in [3.8, 4) is 5.75 Å². The fourth-order valence-electron chi connectivity index (χ4n) is 1.47. The summed E-state index contributed by atoms with van der Waals surface area (Å²) in [6.07, 6.45) is 0. The van der Waals surface area contributed by atoms with Gasteiger partial charge in [-0.3, -0.25) is 4.79 Å². The molecule has 1 aromatic carbocycles. The number of ether oxygens (including phenoxy) is 1. The molecule has 1 heterocycles. The monoisotopic (exact) mass is 221 g/mol. The summed E-state index contributed by atoms with van der Waals surface area (Å²) >= 11 is 0. The smallest absolute Gasteiger partial charge is 0.357 e. The number of aryl methyl sites for hydroxylation is 1. The van der Waals surface area contributed by atoms with Crippen molar-refractivity contribution in [2.75, 3.05) is 5.32 Å². The zero-order valence-electron chi connectivity index (χ0n) is 8.90. The highest BCUT2D eigenvalue weighted by atomic mass is 16.5. The molecule has 0 unspecified atom stereocenters.